The van der Waals surface area contributed by atoms with Crippen molar-refractivity contribution in [3.63, 3.8) is 0 Å². The Morgan fingerprint density at radius 2 is 1.62 bits per heavy atom. The molecule has 0 saturated heterocycles. The summed E-state index contributed by atoms with van der Waals surface area (Å²) in [6, 6.07) is 7.37. The van der Waals surface area contributed by atoms with Crippen LogP contribution in [0.2, 0.25) is 0 Å². The molecule has 0 radical (unpaired) electrons. The maximum atomic E-state index is 13.0. The molecule has 0 aliphatic rings. The molecule has 3 N–H and O–H groups in total. The lowest BCUT2D eigenvalue weighted by molar-refractivity contribution is 0.100. The second-order valence-corrected chi connectivity index (χ2v) is 9.47. The standard InChI is InChI=1S/C20H27N3O4S2/c1-3-5-12-23(13-6-4-2)29(26,27)16-9-7-15(8-10-16)19(25)22-20-17(18(21)24)11-14-28-20/h7-11,14H,3-6,12-13H2,1-2H3,(H2,21,24)(H,22,25). The first-order valence-corrected chi connectivity index (χ1v) is 11.9. The summed E-state index contributed by atoms with van der Waals surface area (Å²) in [7, 11) is -3.61. The fourth-order valence-corrected chi connectivity index (χ4v) is 5.03. The van der Waals surface area contributed by atoms with E-state index in [9.17, 15) is 18.0 Å². The number of primary amides is 1. The number of carbonyl (C=O) groups is 2. The molecule has 1 aromatic heterocycles. The van der Waals surface area contributed by atoms with Crippen molar-refractivity contribution in [1.29, 1.82) is 0 Å². The average molecular weight is 438 g/mol. The SMILES string of the molecule is CCCCN(CCCC)S(=O)(=O)c1ccc(C(=O)Nc2sccc2C(N)=O)cc1. The van der Waals surface area contributed by atoms with Crippen LogP contribution in [0.4, 0.5) is 5.00 Å². The molecule has 2 amide bonds. The van der Waals surface area contributed by atoms with E-state index in [-0.39, 0.29) is 10.5 Å². The molecule has 0 aliphatic heterocycles. The van der Waals surface area contributed by atoms with Gasteiger partial charge >= 0.3 is 0 Å². The number of thiophene rings is 1. The summed E-state index contributed by atoms with van der Waals surface area (Å²) in [5.74, 6) is -1.06. The third kappa shape index (κ3) is 5.88. The van der Waals surface area contributed by atoms with Crippen molar-refractivity contribution >= 4 is 38.2 Å². The van der Waals surface area contributed by atoms with Crippen molar-refractivity contribution < 1.29 is 18.0 Å². The second-order valence-electron chi connectivity index (χ2n) is 6.62. The van der Waals surface area contributed by atoms with E-state index in [1.54, 1.807) is 11.4 Å². The van der Waals surface area contributed by atoms with Gasteiger partial charge < -0.3 is 11.1 Å². The first-order chi connectivity index (χ1) is 13.8. The van der Waals surface area contributed by atoms with Gasteiger partial charge in [-0.05, 0) is 48.6 Å². The summed E-state index contributed by atoms with van der Waals surface area (Å²) in [6.45, 7) is 5.01. The molecule has 0 fully saturated rings. The highest BCUT2D eigenvalue weighted by molar-refractivity contribution is 7.89. The number of anilines is 1. The molecule has 0 saturated carbocycles. The zero-order valence-corrected chi connectivity index (χ0v) is 18.3. The molecule has 2 rings (SSSR count). The van der Waals surface area contributed by atoms with Gasteiger partial charge in [0.15, 0.2) is 0 Å². The number of rotatable bonds is 11. The Morgan fingerprint density at radius 1 is 1.03 bits per heavy atom. The molecule has 1 aromatic carbocycles. The van der Waals surface area contributed by atoms with Gasteiger partial charge in [0.1, 0.15) is 5.00 Å². The predicted octanol–water partition coefficient (Wildman–Crippen LogP) is 3.69. The highest BCUT2D eigenvalue weighted by atomic mass is 32.2. The van der Waals surface area contributed by atoms with E-state index >= 15 is 0 Å². The summed E-state index contributed by atoms with van der Waals surface area (Å²) in [5, 5.41) is 4.67. The molecular weight excluding hydrogens is 410 g/mol. The summed E-state index contributed by atoms with van der Waals surface area (Å²) in [5.41, 5.74) is 5.82. The molecule has 0 atom stereocenters. The van der Waals surface area contributed by atoms with E-state index in [1.807, 2.05) is 13.8 Å². The molecule has 7 nitrogen and oxygen atoms in total. The lowest BCUT2D eigenvalue weighted by atomic mass is 10.2. The summed E-state index contributed by atoms with van der Waals surface area (Å²) in [6.07, 6.45) is 3.42. The third-order valence-electron chi connectivity index (χ3n) is 4.43. The van der Waals surface area contributed by atoms with Crippen LogP contribution < -0.4 is 11.1 Å². The van der Waals surface area contributed by atoms with Gasteiger partial charge in [0, 0.05) is 18.7 Å². The van der Waals surface area contributed by atoms with Crippen molar-refractivity contribution in [2.24, 2.45) is 5.73 Å². The number of amides is 2. The number of benzene rings is 1. The minimum Gasteiger partial charge on any atom is -0.366 e. The largest absolute Gasteiger partial charge is 0.366 e. The average Bonchev–Trinajstić information content (AvgIpc) is 3.16. The highest BCUT2D eigenvalue weighted by Gasteiger charge is 2.24. The summed E-state index contributed by atoms with van der Waals surface area (Å²) >= 11 is 1.19. The van der Waals surface area contributed by atoms with E-state index in [0.29, 0.717) is 23.7 Å². The Morgan fingerprint density at radius 3 is 2.14 bits per heavy atom. The van der Waals surface area contributed by atoms with E-state index in [4.69, 9.17) is 5.73 Å². The highest BCUT2D eigenvalue weighted by Crippen LogP contribution is 2.24. The second kappa shape index (κ2) is 10.5. The number of sulfonamides is 1. The molecule has 0 unspecified atom stereocenters. The number of nitrogens with zero attached hydrogens (tertiary/aromatic N) is 1. The number of hydrogen-bond acceptors (Lipinski definition) is 5. The molecule has 0 aliphatic carbocycles. The Kier molecular flexibility index (Phi) is 8.36. The minimum atomic E-state index is -3.61. The van der Waals surface area contributed by atoms with Crippen molar-refractivity contribution in [2.45, 2.75) is 44.4 Å². The lowest BCUT2D eigenvalue weighted by Crippen LogP contribution is -2.33. The smallest absolute Gasteiger partial charge is 0.256 e. The Bertz CT molecular complexity index is 929. The molecule has 1 heterocycles. The topological polar surface area (TPSA) is 110 Å². The summed E-state index contributed by atoms with van der Waals surface area (Å²) in [4.78, 5) is 24.0. The quantitative estimate of drug-likeness (QED) is 0.558. The Labute approximate surface area is 176 Å². The van der Waals surface area contributed by atoms with E-state index in [0.717, 1.165) is 25.7 Å². The molecule has 9 heteroatoms. The first kappa shape index (κ1) is 23.1. The van der Waals surface area contributed by atoms with Gasteiger partial charge in [0.25, 0.3) is 11.8 Å². The van der Waals surface area contributed by atoms with Crippen LogP contribution in [0.25, 0.3) is 0 Å². The van der Waals surface area contributed by atoms with Gasteiger partial charge in [-0.2, -0.15) is 4.31 Å². The number of unbranched alkanes of at least 4 members (excludes halogenated alkanes) is 2. The van der Waals surface area contributed by atoms with Crippen LogP contribution in [-0.2, 0) is 10.0 Å². The van der Waals surface area contributed by atoms with Gasteiger partial charge in [-0.15, -0.1) is 11.3 Å². The molecule has 29 heavy (non-hydrogen) atoms. The normalized spacial score (nSPS) is 11.6. The van der Waals surface area contributed by atoms with Crippen LogP contribution in [-0.4, -0.2) is 37.6 Å². The molecule has 0 spiro atoms. The van der Waals surface area contributed by atoms with Gasteiger partial charge in [-0.3, -0.25) is 9.59 Å². The fraction of sp³-hybridized carbons (Fsp3) is 0.400. The molecule has 2 aromatic rings. The van der Waals surface area contributed by atoms with Crippen LogP contribution in [0.1, 0.15) is 60.2 Å². The van der Waals surface area contributed by atoms with Gasteiger partial charge in [-0.1, -0.05) is 26.7 Å². The fourth-order valence-electron chi connectivity index (χ4n) is 2.72. The van der Waals surface area contributed by atoms with Crippen molar-refractivity contribution in [3.8, 4) is 0 Å². The lowest BCUT2D eigenvalue weighted by Gasteiger charge is -2.22. The Balaban J connectivity index is 2.17. The zero-order chi connectivity index (χ0) is 21.4. The molecule has 0 bridgehead atoms. The van der Waals surface area contributed by atoms with E-state index < -0.39 is 21.8 Å². The number of hydrogen-bond donors (Lipinski definition) is 2. The van der Waals surface area contributed by atoms with Crippen LogP contribution in [0, 0.1) is 0 Å². The Hall–Kier alpha value is -2.23. The number of nitrogens with one attached hydrogen (secondary N) is 1. The van der Waals surface area contributed by atoms with Crippen LogP contribution in [0.3, 0.4) is 0 Å². The van der Waals surface area contributed by atoms with Crippen LogP contribution >= 0.6 is 11.3 Å². The predicted molar refractivity (Wildman–Crippen MR) is 116 cm³/mol. The van der Waals surface area contributed by atoms with E-state index in [1.165, 1.54) is 39.9 Å². The molecule has 158 valence electrons. The van der Waals surface area contributed by atoms with Gasteiger partial charge in [0.05, 0.1) is 10.5 Å². The van der Waals surface area contributed by atoms with E-state index in [2.05, 4.69) is 5.32 Å². The van der Waals surface area contributed by atoms with Gasteiger partial charge in [-0.25, -0.2) is 8.42 Å². The third-order valence-corrected chi connectivity index (χ3v) is 7.18. The monoisotopic (exact) mass is 437 g/mol. The van der Waals surface area contributed by atoms with Crippen molar-refractivity contribution in [3.05, 3.63) is 46.8 Å². The van der Waals surface area contributed by atoms with Gasteiger partial charge in [0.2, 0.25) is 10.0 Å². The number of carbonyl (C=O) groups excluding carboxylic acids is 2. The number of nitrogens with two attached hydrogens (primary N) is 1. The van der Waals surface area contributed by atoms with Crippen molar-refractivity contribution in [1.82, 2.24) is 4.31 Å². The van der Waals surface area contributed by atoms with Crippen LogP contribution in [0.15, 0.2) is 40.6 Å². The molecular formula is C20H27N3O4S2. The maximum Gasteiger partial charge on any atom is 0.256 e. The summed E-state index contributed by atoms with van der Waals surface area (Å²) < 4.78 is 27.5. The first-order valence-electron chi connectivity index (χ1n) is 9.60. The van der Waals surface area contributed by atoms with Crippen LogP contribution in [0.5, 0.6) is 0 Å². The zero-order valence-electron chi connectivity index (χ0n) is 16.7. The minimum absolute atomic E-state index is 0.162. The maximum absolute atomic E-state index is 13.0. The van der Waals surface area contributed by atoms with Crippen molar-refractivity contribution in [2.75, 3.05) is 18.4 Å².